The number of rotatable bonds is 3. The van der Waals surface area contributed by atoms with E-state index in [-0.39, 0.29) is 11.3 Å². The summed E-state index contributed by atoms with van der Waals surface area (Å²) in [5.74, 6) is 0.882. The van der Waals surface area contributed by atoms with E-state index in [2.05, 4.69) is 29.4 Å². The number of carbonyl (C=O) groups is 1. The Morgan fingerprint density at radius 3 is 3.05 bits per heavy atom. The molecule has 1 amide bonds. The average molecular weight is 286 g/mol. The molecule has 6 nitrogen and oxygen atoms in total. The number of benzene rings is 1. The summed E-state index contributed by atoms with van der Waals surface area (Å²) in [6, 6.07) is 5.66. The summed E-state index contributed by atoms with van der Waals surface area (Å²) in [5, 5.41) is 10.5. The van der Waals surface area contributed by atoms with Crippen LogP contribution in [0, 0.1) is 0 Å². The lowest BCUT2D eigenvalue weighted by atomic mass is 9.86. The summed E-state index contributed by atoms with van der Waals surface area (Å²) < 4.78 is 7.51. The summed E-state index contributed by atoms with van der Waals surface area (Å²) in [7, 11) is 0. The third-order valence-corrected chi connectivity index (χ3v) is 3.75. The van der Waals surface area contributed by atoms with Crippen molar-refractivity contribution in [3.63, 3.8) is 0 Å². The second kappa shape index (κ2) is 4.87. The molecule has 1 aromatic carbocycles. The third kappa shape index (κ3) is 2.26. The average Bonchev–Trinajstić information content (AvgIpc) is 3.03. The van der Waals surface area contributed by atoms with Crippen LogP contribution in [0.5, 0.6) is 5.75 Å². The number of hydrogen-bond donors (Lipinski definition) is 1. The molecular weight excluding hydrogens is 268 g/mol. The van der Waals surface area contributed by atoms with Crippen molar-refractivity contribution in [2.45, 2.75) is 32.7 Å². The van der Waals surface area contributed by atoms with Crippen LogP contribution >= 0.6 is 0 Å². The first-order valence-corrected chi connectivity index (χ1v) is 6.98. The van der Waals surface area contributed by atoms with Crippen LogP contribution < -0.4 is 10.1 Å². The lowest BCUT2D eigenvalue weighted by Gasteiger charge is -2.15. The number of fused-ring (bicyclic) bond motifs is 1. The van der Waals surface area contributed by atoms with Gasteiger partial charge in [-0.1, -0.05) is 26.0 Å². The van der Waals surface area contributed by atoms with E-state index in [1.165, 1.54) is 0 Å². The highest BCUT2D eigenvalue weighted by molar-refractivity contribution is 6.05. The normalized spacial score (nSPS) is 15.4. The molecule has 0 saturated carbocycles. The Morgan fingerprint density at radius 1 is 1.48 bits per heavy atom. The monoisotopic (exact) mass is 286 g/mol. The van der Waals surface area contributed by atoms with E-state index in [1.807, 2.05) is 19.1 Å². The van der Waals surface area contributed by atoms with Gasteiger partial charge in [0.25, 0.3) is 5.91 Å². The third-order valence-electron chi connectivity index (χ3n) is 3.75. The Labute approximate surface area is 123 Å². The largest absolute Gasteiger partial charge is 0.492 e. The minimum atomic E-state index is -0.229. The van der Waals surface area contributed by atoms with E-state index < -0.39 is 0 Å². The molecular formula is C15H18N4O2. The molecule has 0 bridgehead atoms. The van der Waals surface area contributed by atoms with Crippen molar-refractivity contribution in [3.05, 3.63) is 35.7 Å². The number of ether oxygens (including phenoxy) is 1. The molecule has 0 spiro atoms. The highest BCUT2D eigenvalue weighted by Crippen LogP contribution is 2.40. The van der Waals surface area contributed by atoms with Crippen LogP contribution in [0.1, 0.15) is 36.7 Å². The van der Waals surface area contributed by atoms with Gasteiger partial charge in [0.15, 0.2) is 0 Å². The van der Waals surface area contributed by atoms with E-state index in [0.29, 0.717) is 30.4 Å². The van der Waals surface area contributed by atoms with Crippen molar-refractivity contribution >= 4 is 11.9 Å². The maximum absolute atomic E-state index is 12.5. The van der Waals surface area contributed by atoms with E-state index in [4.69, 9.17) is 4.74 Å². The Morgan fingerprint density at radius 2 is 2.29 bits per heavy atom. The molecule has 0 unspecified atom stereocenters. The van der Waals surface area contributed by atoms with Crippen LogP contribution in [-0.4, -0.2) is 27.3 Å². The van der Waals surface area contributed by atoms with E-state index in [9.17, 15) is 4.79 Å². The number of anilines is 1. The van der Waals surface area contributed by atoms with Gasteiger partial charge in [-0.2, -0.15) is 0 Å². The van der Waals surface area contributed by atoms with Crippen molar-refractivity contribution in [3.8, 4) is 5.75 Å². The van der Waals surface area contributed by atoms with Crippen LogP contribution in [0.2, 0.25) is 0 Å². The molecule has 2 heterocycles. The SMILES string of the molecule is CCn1cnnc1NC(=O)c1cccc2c1OCC2(C)C. The summed E-state index contributed by atoms with van der Waals surface area (Å²) >= 11 is 0. The number of para-hydroxylation sites is 1. The first kappa shape index (κ1) is 13.6. The first-order valence-electron chi connectivity index (χ1n) is 6.98. The minimum absolute atomic E-state index is 0.0743. The molecule has 1 aliphatic heterocycles. The number of amides is 1. The summed E-state index contributed by atoms with van der Waals surface area (Å²) in [6.45, 7) is 7.45. The lowest BCUT2D eigenvalue weighted by molar-refractivity contribution is 0.102. The zero-order valence-corrected chi connectivity index (χ0v) is 12.4. The van der Waals surface area contributed by atoms with Gasteiger partial charge in [0.1, 0.15) is 12.1 Å². The summed E-state index contributed by atoms with van der Waals surface area (Å²) in [5.41, 5.74) is 1.52. The summed E-state index contributed by atoms with van der Waals surface area (Å²) in [4.78, 5) is 12.5. The van der Waals surface area contributed by atoms with Crippen LogP contribution in [0.15, 0.2) is 24.5 Å². The zero-order chi connectivity index (χ0) is 15.0. The van der Waals surface area contributed by atoms with Gasteiger partial charge in [0.2, 0.25) is 5.95 Å². The maximum atomic E-state index is 12.5. The Kier molecular flexibility index (Phi) is 3.16. The first-order chi connectivity index (χ1) is 10.0. The van der Waals surface area contributed by atoms with Crippen molar-refractivity contribution in [1.82, 2.24) is 14.8 Å². The van der Waals surface area contributed by atoms with Crippen molar-refractivity contribution in [2.24, 2.45) is 0 Å². The van der Waals surface area contributed by atoms with Crippen LogP contribution in [0.25, 0.3) is 0 Å². The van der Waals surface area contributed by atoms with Gasteiger partial charge in [-0.05, 0) is 13.0 Å². The predicted octanol–water partition coefficient (Wildman–Crippen LogP) is 2.22. The van der Waals surface area contributed by atoms with Gasteiger partial charge in [0.05, 0.1) is 12.2 Å². The van der Waals surface area contributed by atoms with Crippen LogP contribution in [0.4, 0.5) is 5.95 Å². The van der Waals surface area contributed by atoms with E-state index in [1.54, 1.807) is 17.0 Å². The van der Waals surface area contributed by atoms with Crippen LogP contribution in [0.3, 0.4) is 0 Å². The van der Waals surface area contributed by atoms with Gasteiger partial charge in [-0.3, -0.25) is 14.7 Å². The molecule has 1 aromatic heterocycles. The molecule has 0 atom stereocenters. The molecule has 0 fully saturated rings. The lowest BCUT2D eigenvalue weighted by Crippen LogP contribution is -2.18. The fourth-order valence-corrected chi connectivity index (χ4v) is 2.49. The van der Waals surface area contributed by atoms with Gasteiger partial charge < -0.3 is 4.74 Å². The molecule has 6 heteroatoms. The molecule has 0 aliphatic carbocycles. The molecule has 110 valence electrons. The second-order valence-corrected chi connectivity index (χ2v) is 5.75. The number of aryl methyl sites for hydroxylation is 1. The van der Waals surface area contributed by atoms with Gasteiger partial charge >= 0.3 is 0 Å². The highest BCUT2D eigenvalue weighted by Gasteiger charge is 2.34. The smallest absolute Gasteiger partial charge is 0.261 e. The number of nitrogens with one attached hydrogen (secondary N) is 1. The van der Waals surface area contributed by atoms with Gasteiger partial charge in [0, 0.05) is 17.5 Å². The zero-order valence-electron chi connectivity index (χ0n) is 12.4. The van der Waals surface area contributed by atoms with Crippen molar-refractivity contribution < 1.29 is 9.53 Å². The number of nitrogens with zero attached hydrogens (tertiary/aromatic N) is 3. The predicted molar refractivity (Wildman–Crippen MR) is 78.6 cm³/mol. The molecule has 3 rings (SSSR count). The number of carbonyl (C=O) groups excluding carboxylic acids is 1. The molecule has 0 saturated heterocycles. The Balaban J connectivity index is 1.92. The van der Waals surface area contributed by atoms with Gasteiger partial charge in [-0.25, -0.2) is 0 Å². The number of aromatic nitrogens is 3. The maximum Gasteiger partial charge on any atom is 0.261 e. The van der Waals surface area contributed by atoms with Crippen LogP contribution in [-0.2, 0) is 12.0 Å². The molecule has 1 N–H and O–H groups in total. The number of hydrogen-bond acceptors (Lipinski definition) is 4. The highest BCUT2D eigenvalue weighted by atomic mass is 16.5. The molecule has 2 aromatic rings. The summed E-state index contributed by atoms with van der Waals surface area (Å²) in [6.07, 6.45) is 1.59. The fourth-order valence-electron chi connectivity index (χ4n) is 2.49. The van der Waals surface area contributed by atoms with E-state index in [0.717, 1.165) is 5.56 Å². The molecule has 21 heavy (non-hydrogen) atoms. The standard InChI is InChI=1S/C15H18N4O2/c1-4-19-9-16-18-14(19)17-13(20)10-6-5-7-11-12(10)21-8-15(11,2)3/h5-7,9H,4,8H2,1-3H3,(H,17,18,20). The molecule has 0 radical (unpaired) electrons. The van der Waals surface area contributed by atoms with Gasteiger partial charge in [-0.15, -0.1) is 10.2 Å². The van der Waals surface area contributed by atoms with Crippen molar-refractivity contribution in [1.29, 1.82) is 0 Å². The topological polar surface area (TPSA) is 69.0 Å². The van der Waals surface area contributed by atoms with Crippen molar-refractivity contribution in [2.75, 3.05) is 11.9 Å². The Hall–Kier alpha value is -2.37. The molecule has 1 aliphatic rings. The quantitative estimate of drug-likeness (QED) is 0.939. The fraction of sp³-hybridized carbons (Fsp3) is 0.400. The second-order valence-electron chi connectivity index (χ2n) is 5.75. The Bertz CT molecular complexity index is 691. The minimum Gasteiger partial charge on any atom is -0.492 e. The van der Waals surface area contributed by atoms with E-state index >= 15 is 0 Å².